The van der Waals surface area contributed by atoms with Crippen molar-refractivity contribution in [3.63, 3.8) is 0 Å². The van der Waals surface area contributed by atoms with Crippen molar-refractivity contribution in [2.45, 2.75) is 50.7 Å². The van der Waals surface area contributed by atoms with Crippen molar-refractivity contribution in [2.24, 2.45) is 0 Å². The van der Waals surface area contributed by atoms with Gasteiger partial charge in [0, 0.05) is 43.7 Å². The van der Waals surface area contributed by atoms with E-state index in [2.05, 4.69) is 9.47 Å². The van der Waals surface area contributed by atoms with Crippen LogP contribution in [0.5, 0.6) is 0 Å². The van der Waals surface area contributed by atoms with Gasteiger partial charge in [-0.15, -0.1) is 0 Å². The first kappa shape index (κ1) is 18.1. The average molecular weight is 398 g/mol. The van der Waals surface area contributed by atoms with Crippen LogP contribution in [0.15, 0.2) is 30.3 Å². The number of carbonyl (C=O) groups is 1. The zero-order valence-corrected chi connectivity index (χ0v) is 17.0. The number of hydrogen-bond donors (Lipinski definition) is 0. The minimum atomic E-state index is 0.132. The van der Waals surface area contributed by atoms with E-state index in [4.69, 9.17) is 17.3 Å². The molecule has 1 aromatic carbocycles. The second-order valence-electron chi connectivity index (χ2n) is 8.29. The van der Waals surface area contributed by atoms with E-state index in [1.54, 1.807) is 0 Å². The molecule has 7 heteroatoms. The number of benzene rings is 1. The lowest BCUT2D eigenvalue weighted by molar-refractivity contribution is 0.0759. The molecular formula is C21H27N5OS. The molecule has 0 atom stereocenters. The molecule has 2 aromatic rings. The van der Waals surface area contributed by atoms with Gasteiger partial charge in [0.15, 0.2) is 4.77 Å². The summed E-state index contributed by atoms with van der Waals surface area (Å²) in [5.74, 6) is 1.96. The van der Waals surface area contributed by atoms with Crippen molar-refractivity contribution in [2.75, 3.05) is 26.2 Å². The summed E-state index contributed by atoms with van der Waals surface area (Å²) >= 11 is 5.78. The highest BCUT2D eigenvalue weighted by molar-refractivity contribution is 7.71. The summed E-state index contributed by atoms with van der Waals surface area (Å²) in [6.45, 7) is 4.11. The molecular weight excluding hydrogens is 370 g/mol. The second kappa shape index (κ2) is 7.44. The SMILES string of the molecule is O=C(c1ccccc1)N1CCCN(Cn2nc(C3CC3)n(C3CC3)c2=S)CC1. The molecule has 0 bridgehead atoms. The highest BCUT2D eigenvalue weighted by atomic mass is 32.1. The molecule has 6 nitrogen and oxygen atoms in total. The average Bonchev–Trinajstić information content (AvgIpc) is 3.61. The Hall–Kier alpha value is -1.99. The van der Waals surface area contributed by atoms with Crippen LogP contribution in [0.1, 0.15) is 60.2 Å². The molecule has 2 heterocycles. The topological polar surface area (TPSA) is 46.3 Å². The van der Waals surface area contributed by atoms with Crippen LogP contribution in [0, 0.1) is 4.77 Å². The highest BCUT2D eigenvalue weighted by Gasteiger charge is 2.36. The van der Waals surface area contributed by atoms with E-state index in [1.165, 1.54) is 31.5 Å². The number of carbonyl (C=O) groups excluding carboxylic acids is 1. The molecule has 1 saturated heterocycles. The van der Waals surface area contributed by atoms with Crippen LogP contribution >= 0.6 is 12.2 Å². The van der Waals surface area contributed by atoms with Crippen LogP contribution in [-0.2, 0) is 6.67 Å². The van der Waals surface area contributed by atoms with Gasteiger partial charge in [0.25, 0.3) is 5.91 Å². The number of rotatable bonds is 5. The van der Waals surface area contributed by atoms with Crippen LogP contribution in [0.4, 0.5) is 0 Å². The molecule has 0 radical (unpaired) electrons. The van der Waals surface area contributed by atoms with Gasteiger partial charge >= 0.3 is 0 Å². The Balaban J connectivity index is 1.27. The zero-order valence-electron chi connectivity index (χ0n) is 16.2. The number of amides is 1. The molecule has 148 valence electrons. The van der Waals surface area contributed by atoms with Crippen molar-refractivity contribution in [3.05, 3.63) is 46.5 Å². The molecule has 0 spiro atoms. The molecule has 0 unspecified atom stereocenters. The summed E-state index contributed by atoms with van der Waals surface area (Å²) in [5.41, 5.74) is 0.774. The first-order valence-electron chi connectivity index (χ1n) is 10.5. The third kappa shape index (κ3) is 3.65. The molecule has 1 amide bonds. The Kier molecular flexibility index (Phi) is 4.80. The summed E-state index contributed by atoms with van der Waals surface area (Å²) in [6, 6.07) is 10.2. The third-order valence-electron chi connectivity index (χ3n) is 5.98. The standard InChI is InChI=1S/C21H27N5OS/c27-20(17-5-2-1-3-6-17)24-12-4-11-23(13-14-24)15-25-21(28)26(18-9-10-18)19(22-25)16-7-8-16/h1-3,5-6,16,18H,4,7-15H2. The van der Waals surface area contributed by atoms with Gasteiger partial charge in [-0.3, -0.25) is 9.69 Å². The molecule has 1 aliphatic heterocycles. The largest absolute Gasteiger partial charge is 0.337 e. The fourth-order valence-corrected chi connectivity index (χ4v) is 4.43. The lowest BCUT2D eigenvalue weighted by Gasteiger charge is -2.22. The lowest BCUT2D eigenvalue weighted by Crippen LogP contribution is -2.35. The Morgan fingerprint density at radius 1 is 1.04 bits per heavy atom. The molecule has 2 aliphatic carbocycles. The molecule has 5 rings (SSSR count). The van der Waals surface area contributed by atoms with Crippen LogP contribution in [0.3, 0.4) is 0 Å². The van der Waals surface area contributed by atoms with Gasteiger partial charge in [0.05, 0.1) is 6.67 Å². The van der Waals surface area contributed by atoms with Crippen LogP contribution in [0.2, 0.25) is 0 Å². The van der Waals surface area contributed by atoms with Gasteiger partial charge in [0.1, 0.15) is 5.82 Å². The summed E-state index contributed by atoms with van der Waals surface area (Å²) < 4.78 is 5.23. The highest BCUT2D eigenvalue weighted by Crippen LogP contribution is 2.44. The van der Waals surface area contributed by atoms with Crippen LogP contribution in [0.25, 0.3) is 0 Å². The van der Waals surface area contributed by atoms with E-state index < -0.39 is 0 Å². The van der Waals surface area contributed by atoms with E-state index in [0.29, 0.717) is 12.0 Å². The van der Waals surface area contributed by atoms with Crippen molar-refractivity contribution in [1.82, 2.24) is 24.1 Å². The molecule has 2 saturated carbocycles. The first-order chi connectivity index (χ1) is 13.7. The fourth-order valence-electron chi connectivity index (χ4n) is 4.09. The summed E-state index contributed by atoms with van der Waals surface area (Å²) in [4.78, 5) is 17.1. The Morgan fingerprint density at radius 2 is 1.82 bits per heavy atom. The smallest absolute Gasteiger partial charge is 0.253 e. The number of hydrogen-bond acceptors (Lipinski definition) is 4. The van der Waals surface area contributed by atoms with Gasteiger partial charge in [-0.1, -0.05) is 18.2 Å². The fraction of sp³-hybridized carbons (Fsp3) is 0.571. The van der Waals surface area contributed by atoms with Gasteiger partial charge in [-0.25, -0.2) is 4.68 Å². The monoisotopic (exact) mass is 397 g/mol. The maximum atomic E-state index is 12.8. The number of nitrogens with zero attached hydrogens (tertiary/aromatic N) is 5. The third-order valence-corrected chi connectivity index (χ3v) is 6.39. The van der Waals surface area contributed by atoms with Crippen LogP contribution in [-0.4, -0.2) is 56.2 Å². The minimum Gasteiger partial charge on any atom is -0.337 e. The molecule has 3 aliphatic rings. The van der Waals surface area contributed by atoms with E-state index in [1.807, 2.05) is 39.9 Å². The summed E-state index contributed by atoms with van der Waals surface area (Å²) in [6.07, 6.45) is 5.95. The van der Waals surface area contributed by atoms with E-state index in [0.717, 1.165) is 49.6 Å². The molecule has 28 heavy (non-hydrogen) atoms. The van der Waals surface area contributed by atoms with Gasteiger partial charge in [-0.05, 0) is 56.5 Å². The quantitative estimate of drug-likeness (QED) is 0.725. The Labute approximate surface area is 170 Å². The minimum absolute atomic E-state index is 0.132. The molecule has 3 fully saturated rings. The molecule has 0 N–H and O–H groups in total. The van der Waals surface area contributed by atoms with Crippen molar-refractivity contribution >= 4 is 18.1 Å². The zero-order chi connectivity index (χ0) is 19.1. The van der Waals surface area contributed by atoms with E-state index in [9.17, 15) is 4.79 Å². The maximum absolute atomic E-state index is 12.8. The lowest BCUT2D eigenvalue weighted by atomic mass is 10.2. The van der Waals surface area contributed by atoms with E-state index >= 15 is 0 Å². The van der Waals surface area contributed by atoms with Crippen molar-refractivity contribution in [1.29, 1.82) is 0 Å². The van der Waals surface area contributed by atoms with Gasteiger partial charge in [-0.2, -0.15) is 5.10 Å². The van der Waals surface area contributed by atoms with Gasteiger partial charge in [0.2, 0.25) is 0 Å². The Morgan fingerprint density at radius 3 is 2.54 bits per heavy atom. The van der Waals surface area contributed by atoms with Gasteiger partial charge < -0.3 is 9.47 Å². The normalized spacial score (nSPS) is 20.9. The van der Waals surface area contributed by atoms with Crippen molar-refractivity contribution in [3.8, 4) is 0 Å². The summed E-state index contributed by atoms with van der Waals surface area (Å²) in [7, 11) is 0. The second-order valence-corrected chi connectivity index (χ2v) is 8.65. The maximum Gasteiger partial charge on any atom is 0.253 e. The van der Waals surface area contributed by atoms with Crippen LogP contribution < -0.4 is 0 Å². The first-order valence-corrected chi connectivity index (χ1v) is 10.9. The van der Waals surface area contributed by atoms with Crippen molar-refractivity contribution < 1.29 is 4.79 Å². The Bertz CT molecular complexity index is 913. The van der Waals surface area contributed by atoms with E-state index in [-0.39, 0.29) is 5.91 Å². The summed E-state index contributed by atoms with van der Waals surface area (Å²) in [5, 5.41) is 4.91. The molecule has 1 aromatic heterocycles. The predicted octanol–water partition coefficient (Wildman–Crippen LogP) is 3.43. The predicted molar refractivity (Wildman–Crippen MR) is 110 cm³/mol. The number of aromatic nitrogens is 3.